The van der Waals surface area contributed by atoms with E-state index in [0.717, 1.165) is 17.7 Å². The van der Waals surface area contributed by atoms with E-state index in [1.165, 1.54) is 5.57 Å². The van der Waals surface area contributed by atoms with Crippen LogP contribution in [0.1, 0.15) is 37.6 Å². The molecule has 0 unspecified atom stereocenters. The molecule has 0 N–H and O–H groups in total. The van der Waals surface area contributed by atoms with Gasteiger partial charge >= 0.3 is 0 Å². The fraction of sp³-hybridized carbons (Fsp3) is 0.438. The monoisotopic (exact) mass is 245 g/mol. The number of ketones is 1. The first-order valence-corrected chi connectivity index (χ1v) is 6.44. The van der Waals surface area contributed by atoms with Gasteiger partial charge in [-0.15, -0.1) is 0 Å². The summed E-state index contributed by atoms with van der Waals surface area (Å²) in [5.74, 6) is 0.142. The van der Waals surface area contributed by atoms with Crippen LogP contribution < -0.4 is 4.90 Å². The number of benzene rings is 1. The zero-order valence-electron chi connectivity index (χ0n) is 12.0. The summed E-state index contributed by atoms with van der Waals surface area (Å²) in [6.45, 7) is 6.13. The van der Waals surface area contributed by atoms with Crippen molar-refractivity contribution in [2.75, 3.05) is 19.0 Å². The topological polar surface area (TPSA) is 20.3 Å². The van der Waals surface area contributed by atoms with Gasteiger partial charge in [0.2, 0.25) is 0 Å². The lowest BCUT2D eigenvalue weighted by Crippen LogP contribution is -2.11. The number of rotatable bonds is 5. The molecule has 2 heteroatoms. The van der Waals surface area contributed by atoms with Crippen LogP contribution >= 0.6 is 0 Å². The molecule has 0 aromatic heterocycles. The average Bonchev–Trinajstić information content (AvgIpc) is 2.37. The molecule has 0 amide bonds. The number of Topliss-reactive ketones (excluding diaryl/α,β-unsaturated/α-hetero) is 1. The Morgan fingerprint density at radius 2 is 1.83 bits per heavy atom. The maximum Gasteiger partial charge on any atom is 0.169 e. The van der Waals surface area contributed by atoms with Gasteiger partial charge in [0, 0.05) is 31.3 Å². The Labute approximate surface area is 110 Å². The van der Waals surface area contributed by atoms with Crippen molar-refractivity contribution >= 4 is 11.5 Å². The van der Waals surface area contributed by atoms with Crippen LogP contribution in [0.25, 0.3) is 0 Å². The van der Waals surface area contributed by atoms with E-state index in [-0.39, 0.29) is 11.7 Å². The fourth-order valence-corrected chi connectivity index (χ4v) is 1.81. The normalized spacial score (nSPS) is 13.3. The molecule has 1 atom stereocenters. The van der Waals surface area contributed by atoms with Crippen molar-refractivity contribution in [3.8, 4) is 0 Å². The molecule has 98 valence electrons. The lowest BCUT2D eigenvalue weighted by atomic mass is 9.96. The molecule has 0 aliphatic heterocycles. The van der Waals surface area contributed by atoms with Gasteiger partial charge in [0.15, 0.2) is 5.78 Å². The number of carbonyl (C=O) groups excluding carboxylic acids is 1. The van der Waals surface area contributed by atoms with E-state index in [2.05, 4.69) is 19.9 Å². The Morgan fingerprint density at radius 1 is 1.28 bits per heavy atom. The third kappa shape index (κ3) is 3.73. The summed E-state index contributed by atoms with van der Waals surface area (Å²) in [6.07, 6.45) is 3.05. The highest BCUT2D eigenvalue weighted by Gasteiger charge is 2.12. The van der Waals surface area contributed by atoms with Crippen LogP contribution in [0.3, 0.4) is 0 Å². The van der Waals surface area contributed by atoms with Crippen molar-refractivity contribution < 1.29 is 4.79 Å². The Balaban J connectivity index is 2.84. The summed E-state index contributed by atoms with van der Waals surface area (Å²) in [6, 6.07) is 7.78. The van der Waals surface area contributed by atoms with Crippen molar-refractivity contribution in [1.82, 2.24) is 0 Å². The van der Waals surface area contributed by atoms with Crippen LogP contribution in [0.4, 0.5) is 5.69 Å². The second kappa shape index (κ2) is 6.39. The van der Waals surface area contributed by atoms with Crippen LogP contribution in [0.15, 0.2) is 35.9 Å². The molecule has 0 spiro atoms. The molecule has 0 saturated heterocycles. The summed E-state index contributed by atoms with van der Waals surface area (Å²) in [5.41, 5.74) is 3.16. The maximum atomic E-state index is 12.2. The van der Waals surface area contributed by atoms with Gasteiger partial charge in [-0.05, 0) is 37.6 Å². The molecule has 1 aromatic rings. The van der Waals surface area contributed by atoms with Gasteiger partial charge in [-0.3, -0.25) is 4.79 Å². The summed E-state index contributed by atoms with van der Waals surface area (Å²) in [5, 5.41) is 0. The van der Waals surface area contributed by atoms with Crippen LogP contribution in [0.5, 0.6) is 0 Å². The first-order chi connectivity index (χ1) is 8.45. The highest BCUT2D eigenvalue weighted by Crippen LogP contribution is 2.17. The first-order valence-electron chi connectivity index (χ1n) is 6.44. The Morgan fingerprint density at radius 3 is 2.28 bits per heavy atom. The van der Waals surface area contributed by atoms with Gasteiger partial charge in [0.25, 0.3) is 0 Å². The largest absolute Gasteiger partial charge is 0.378 e. The van der Waals surface area contributed by atoms with Gasteiger partial charge in [-0.1, -0.05) is 25.5 Å². The van der Waals surface area contributed by atoms with Crippen molar-refractivity contribution in [3.05, 3.63) is 41.5 Å². The summed E-state index contributed by atoms with van der Waals surface area (Å²) < 4.78 is 0. The van der Waals surface area contributed by atoms with Crippen molar-refractivity contribution in [2.45, 2.75) is 27.2 Å². The van der Waals surface area contributed by atoms with E-state index in [1.807, 2.05) is 50.2 Å². The highest BCUT2D eigenvalue weighted by molar-refractivity contribution is 5.99. The van der Waals surface area contributed by atoms with E-state index in [4.69, 9.17) is 0 Å². The zero-order chi connectivity index (χ0) is 13.7. The van der Waals surface area contributed by atoms with Crippen LogP contribution in [0.2, 0.25) is 0 Å². The van der Waals surface area contributed by atoms with Crippen molar-refractivity contribution in [1.29, 1.82) is 0 Å². The second-order valence-electron chi connectivity index (χ2n) is 4.96. The van der Waals surface area contributed by atoms with Gasteiger partial charge in [-0.25, -0.2) is 0 Å². The lowest BCUT2D eigenvalue weighted by Gasteiger charge is -2.13. The molecule has 0 heterocycles. The highest BCUT2D eigenvalue weighted by atomic mass is 16.1. The standard InChI is InChI=1S/C16H23NO/c1-6-12(2)11-13(3)16(18)14-7-9-15(10-8-14)17(4)5/h7-11,13H,6H2,1-5H3/b12-11+/t13-/m0/s1. The summed E-state index contributed by atoms with van der Waals surface area (Å²) in [7, 11) is 3.99. The Bertz CT molecular complexity index is 429. The van der Waals surface area contributed by atoms with Gasteiger partial charge in [0.1, 0.15) is 0 Å². The molecule has 0 aliphatic rings. The quantitative estimate of drug-likeness (QED) is 0.578. The van der Waals surface area contributed by atoms with E-state index >= 15 is 0 Å². The second-order valence-corrected chi connectivity index (χ2v) is 4.96. The smallest absolute Gasteiger partial charge is 0.169 e. The third-order valence-electron chi connectivity index (χ3n) is 3.17. The van der Waals surface area contributed by atoms with Crippen molar-refractivity contribution in [3.63, 3.8) is 0 Å². The molecule has 2 nitrogen and oxygen atoms in total. The number of allylic oxidation sites excluding steroid dienone is 2. The van der Waals surface area contributed by atoms with Gasteiger partial charge in [-0.2, -0.15) is 0 Å². The lowest BCUT2D eigenvalue weighted by molar-refractivity contribution is 0.0953. The first kappa shape index (κ1) is 14.5. The van der Waals surface area contributed by atoms with E-state index < -0.39 is 0 Å². The molecular weight excluding hydrogens is 222 g/mol. The number of nitrogens with zero attached hydrogens (tertiary/aromatic N) is 1. The molecule has 0 fully saturated rings. The molecule has 0 aliphatic carbocycles. The molecule has 0 radical (unpaired) electrons. The van der Waals surface area contributed by atoms with Crippen LogP contribution in [0, 0.1) is 5.92 Å². The Kier molecular flexibility index (Phi) is 5.14. The van der Waals surface area contributed by atoms with Crippen molar-refractivity contribution in [2.24, 2.45) is 5.92 Å². The Hall–Kier alpha value is -1.57. The molecular formula is C16H23NO. The fourth-order valence-electron chi connectivity index (χ4n) is 1.81. The average molecular weight is 245 g/mol. The molecule has 18 heavy (non-hydrogen) atoms. The summed E-state index contributed by atoms with van der Waals surface area (Å²) >= 11 is 0. The van der Waals surface area contributed by atoms with Crippen LogP contribution in [-0.2, 0) is 0 Å². The maximum absolute atomic E-state index is 12.2. The molecule has 0 bridgehead atoms. The molecule has 0 saturated carbocycles. The van der Waals surface area contributed by atoms with E-state index in [0.29, 0.717) is 0 Å². The number of carbonyl (C=O) groups is 1. The predicted octanol–water partition coefficient (Wildman–Crippen LogP) is 3.93. The summed E-state index contributed by atoms with van der Waals surface area (Å²) in [4.78, 5) is 14.2. The van der Waals surface area contributed by atoms with E-state index in [1.54, 1.807) is 0 Å². The van der Waals surface area contributed by atoms with Gasteiger partial charge in [0.05, 0.1) is 0 Å². The third-order valence-corrected chi connectivity index (χ3v) is 3.17. The van der Waals surface area contributed by atoms with Crippen LogP contribution in [-0.4, -0.2) is 19.9 Å². The predicted molar refractivity (Wildman–Crippen MR) is 78.3 cm³/mol. The zero-order valence-corrected chi connectivity index (χ0v) is 12.0. The number of hydrogen-bond donors (Lipinski definition) is 0. The number of hydrogen-bond acceptors (Lipinski definition) is 2. The molecule has 1 rings (SSSR count). The minimum Gasteiger partial charge on any atom is -0.378 e. The minimum absolute atomic E-state index is 0.0462. The minimum atomic E-state index is -0.0462. The SMILES string of the molecule is CC/C(C)=C/[C@H](C)C(=O)c1ccc(N(C)C)cc1. The van der Waals surface area contributed by atoms with E-state index in [9.17, 15) is 4.79 Å². The van der Waals surface area contributed by atoms with Gasteiger partial charge < -0.3 is 4.90 Å². The number of anilines is 1. The molecule has 1 aromatic carbocycles.